The number of carbonyl (C=O) groups excluding carboxylic acids is 1. The van der Waals surface area contributed by atoms with Gasteiger partial charge in [-0.15, -0.1) is 0 Å². The van der Waals surface area contributed by atoms with Crippen LogP contribution in [0, 0.1) is 9.49 Å². The van der Waals surface area contributed by atoms with E-state index in [1.807, 2.05) is 25.7 Å². The Kier molecular flexibility index (Phi) is 7.67. The molecule has 6 nitrogen and oxygen atoms in total. The first-order chi connectivity index (χ1) is 13.7. The molecule has 0 radical (unpaired) electrons. The summed E-state index contributed by atoms with van der Waals surface area (Å²) < 4.78 is 6.73. The predicted octanol–water partition coefficient (Wildman–Crippen LogP) is 3.42. The monoisotopic (exact) mass is 515 g/mol. The average Bonchev–Trinajstić information content (AvgIpc) is 2.68. The van der Waals surface area contributed by atoms with Crippen LogP contribution < -0.4 is 4.90 Å². The van der Waals surface area contributed by atoms with E-state index in [1.165, 1.54) is 9.26 Å². The lowest BCUT2D eigenvalue weighted by Gasteiger charge is -2.44. The van der Waals surface area contributed by atoms with Crippen LogP contribution in [-0.2, 0) is 4.74 Å². The highest BCUT2D eigenvalue weighted by atomic mass is 127. The van der Waals surface area contributed by atoms with Gasteiger partial charge in [0.2, 0.25) is 0 Å². The van der Waals surface area contributed by atoms with Gasteiger partial charge in [0.25, 0.3) is 0 Å². The van der Waals surface area contributed by atoms with Crippen molar-refractivity contribution in [2.24, 2.45) is 5.92 Å². The fourth-order valence-corrected chi connectivity index (χ4v) is 4.51. The SMILES string of the molecule is CC(C)(C)OC(=O)N1CCC(CN2CCN(c3ccc(I)cc3)C[C@H]2CO)CC1. The van der Waals surface area contributed by atoms with Crippen molar-refractivity contribution in [2.45, 2.75) is 45.3 Å². The van der Waals surface area contributed by atoms with E-state index in [0.29, 0.717) is 5.92 Å². The minimum Gasteiger partial charge on any atom is -0.444 e. The van der Waals surface area contributed by atoms with E-state index in [2.05, 4.69) is 56.7 Å². The maximum absolute atomic E-state index is 12.3. The van der Waals surface area contributed by atoms with Crippen molar-refractivity contribution in [2.75, 3.05) is 50.8 Å². The van der Waals surface area contributed by atoms with Crippen LogP contribution in [-0.4, -0.2) is 78.5 Å². The largest absolute Gasteiger partial charge is 0.444 e. The molecule has 0 aromatic heterocycles. The van der Waals surface area contributed by atoms with E-state index in [9.17, 15) is 9.90 Å². The van der Waals surface area contributed by atoms with E-state index in [1.54, 1.807) is 0 Å². The number of halogens is 1. The summed E-state index contributed by atoms with van der Waals surface area (Å²) in [5, 5.41) is 9.98. The summed E-state index contributed by atoms with van der Waals surface area (Å²) in [7, 11) is 0. The number of carbonyl (C=O) groups is 1. The molecule has 3 rings (SSSR count). The Morgan fingerprint density at radius 2 is 1.79 bits per heavy atom. The molecular weight excluding hydrogens is 481 g/mol. The second kappa shape index (κ2) is 9.83. The molecule has 2 aliphatic rings. The lowest BCUT2D eigenvalue weighted by molar-refractivity contribution is 0.0149. The number of hydrogen-bond acceptors (Lipinski definition) is 5. The molecule has 2 saturated heterocycles. The molecule has 0 spiro atoms. The summed E-state index contributed by atoms with van der Waals surface area (Å²) >= 11 is 2.33. The van der Waals surface area contributed by atoms with Gasteiger partial charge < -0.3 is 19.6 Å². The fraction of sp³-hybridized carbons (Fsp3) is 0.682. The van der Waals surface area contributed by atoms with Crippen LogP contribution in [0.3, 0.4) is 0 Å². The van der Waals surface area contributed by atoms with Gasteiger partial charge >= 0.3 is 6.09 Å². The standard InChI is InChI=1S/C22H34IN3O3/c1-22(2,3)29-21(28)24-10-8-17(9-11-24)14-25-12-13-26(15-20(25)16-27)19-6-4-18(23)5-7-19/h4-7,17,20,27H,8-16H2,1-3H3/t20-/m0/s1. The number of piperazine rings is 1. The summed E-state index contributed by atoms with van der Waals surface area (Å²) in [6, 6.07) is 8.76. The van der Waals surface area contributed by atoms with E-state index in [0.717, 1.165) is 52.1 Å². The topological polar surface area (TPSA) is 56.2 Å². The Balaban J connectivity index is 1.48. The third kappa shape index (κ3) is 6.46. The van der Waals surface area contributed by atoms with Crippen LogP contribution in [0.1, 0.15) is 33.6 Å². The molecule has 1 aromatic rings. The van der Waals surface area contributed by atoms with Crippen LogP contribution in [0.25, 0.3) is 0 Å². The van der Waals surface area contributed by atoms with Gasteiger partial charge in [0.05, 0.1) is 12.6 Å². The number of amides is 1. The number of hydrogen-bond donors (Lipinski definition) is 1. The van der Waals surface area contributed by atoms with Crippen molar-refractivity contribution in [1.82, 2.24) is 9.80 Å². The van der Waals surface area contributed by atoms with Crippen molar-refractivity contribution in [3.8, 4) is 0 Å². The fourth-order valence-electron chi connectivity index (χ4n) is 4.15. The van der Waals surface area contributed by atoms with Crippen LogP contribution in [0.4, 0.5) is 10.5 Å². The van der Waals surface area contributed by atoms with E-state index in [-0.39, 0.29) is 18.7 Å². The number of rotatable bonds is 4. The normalized spacial score (nSPS) is 22.0. The molecule has 0 aliphatic carbocycles. The molecule has 2 heterocycles. The summed E-state index contributed by atoms with van der Waals surface area (Å²) in [6.07, 6.45) is 1.79. The zero-order valence-corrected chi connectivity index (χ0v) is 20.0. The number of aliphatic hydroxyl groups is 1. The lowest BCUT2D eigenvalue weighted by atomic mass is 9.95. The molecule has 7 heteroatoms. The predicted molar refractivity (Wildman–Crippen MR) is 124 cm³/mol. The third-order valence-corrected chi connectivity index (χ3v) is 6.49. The average molecular weight is 515 g/mol. The van der Waals surface area contributed by atoms with Crippen molar-refractivity contribution >= 4 is 34.4 Å². The lowest BCUT2D eigenvalue weighted by Crippen LogP contribution is -2.56. The number of aliphatic hydroxyl groups excluding tert-OH is 1. The maximum Gasteiger partial charge on any atom is 0.410 e. The molecule has 2 fully saturated rings. The minimum atomic E-state index is -0.445. The molecule has 2 aliphatic heterocycles. The minimum absolute atomic E-state index is 0.159. The van der Waals surface area contributed by atoms with Crippen molar-refractivity contribution in [1.29, 1.82) is 0 Å². The smallest absolute Gasteiger partial charge is 0.410 e. The zero-order valence-electron chi connectivity index (χ0n) is 17.8. The zero-order chi connectivity index (χ0) is 21.0. The van der Waals surface area contributed by atoms with Crippen LogP contribution in [0.2, 0.25) is 0 Å². The molecule has 162 valence electrons. The first-order valence-electron chi connectivity index (χ1n) is 10.6. The number of likely N-dealkylation sites (tertiary alicyclic amines) is 1. The van der Waals surface area contributed by atoms with Gasteiger partial charge in [0, 0.05) is 48.5 Å². The van der Waals surface area contributed by atoms with Crippen LogP contribution in [0.5, 0.6) is 0 Å². The molecule has 1 atom stereocenters. The van der Waals surface area contributed by atoms with Crippen molar-refractivity contribution in [3.63, 3.8) is 0 Å². The van der Waals surface area contributed by atoms with Gasteiger partial charge in [-0.1, -0.05) is 0 Å². The summed E-state index contributed by atoms with van der Waals surface area (Å²) in [6.45, 7) is 11.2. The highest BCUT2D eigenvalue weighted by Crippen LogP contribution is 2.25. The van der Waals surface area contributed by atoms with Gasteiger partial charge in [0.1, 0.15) is 5.60 Å². The second-order valence-electron chi connectivity index (χ2n) is 9.16. The molecule has 0 unspecified atom stereocenters. The van der Waals surface area contributed by atoms with Crippen LogP contribution in [0.15, 0.2) is 24.3 Å². The third-order valence-electron chi connectivity index (χ3n) is 5.77. The van der Waals surface area contributed by atoms with Crippen molar-refractivity contribution in [3.05, 3.63) is 27.8 Å². The van der Waals surface area contributed by atoms with Gasteiger partial charge in [-0.25, -0.2) is 4.79 Å². The maximum atomic E-state index is 12.3. The van der Waals surface area contributed by atoms with Gasteiger partial charge in [-0.05, 0) is 86.4 Å². The molecule has 1 amide bonds. The Morgan fingerprint density at radius 3 is 2.38 bits per heavy atom. The second-order valence-corrected chi connectivity index (χ2v) is 10.4. The first-order valence-corrected chi connectivity index (χ1v) is 11.7. The highest BCUT2D eigenvalue weighted by Gasteiger charge is 2.31. The number of ether oxygens (including phenoxy) is 1. The highest BCUT2D eigenvalue weighted by molar-refractivity contribution is 14.1. The molecule has 0 bridgehead atoms. The number of nitrogens with zero attached hydrogens (tertiary/aromatic N) is 3. The van der Waals surface area contributed by atoms with Gasteiger partial charge in [-0.3, -0.25) is 4.90 Å². The molecular formula is C22H34IN3O3. The quantitative estimate of drug-likeness (QED) is 0.624. The first kappa shape index (κ1) is 22.6. The summed E-state index contributed by atoms with van der Waals surface area (Å²) in [5.41, 5.74) is 0.785. The molecule has 29 heavy (non-hydrogen) atoms. The molecule has 0 saturated carbocycles. The Morgan fingerprint density at radius 1 is 1.14 bits per heavy atom. The Labute approximate surface area is 188 Å². The van der Waals surface area contributed by atoms with E-state index in [4.69, 9.17) is 4.74 Å². The van der Waals surface area contributed by atoms with E-state index < -0.39 is 5.60 Å². The molecule has 1 aromatic carbocycles. The van der Waals surface area contributed by atoms with Gasteiger partial charge in [-0.2, -0.15) is 0 Å². The van der Waals surface area contributed by atoms with Crippen LogP contribution >= 0.6 is 22.6 Å². The molecule has 1 N–H and O–H groups in total. The number of anilines is 1. The summed E-state index contributed by atoms with van der Waals surface area (Å²) in [5.74, 6) is 0.563. The van der Waals surface area contributed by atoms with Crippen molar-refractivity contribution < 1.29 is 14.6 Å². The van der Waals surface area contributed by atoms with E-state index >= 15 is 0 Å². The Hall–Kier alpha value is -1.06. The van der Waals surface area contributed by atoms with Gasteiger partial charge in [0.15, 0.2) is 0 Å². The summed E-state index contributed by atoms with van der Waals surface area (Å²) in [4.78, 5) is 18.9. The Bertz CT molecular complexity index is 669. The number of piperidine rings is 1. The number of benzene rings is 1.